The van der Waals surface area contributed by atoms with E-state index < -0.39 is 171 Å². The molecule has 27 heteroatoms. The third kappa shape index (κ3) is 13.9. The van der Waals surface area contributed by atoms with Crippen LogP contribution in [0.2, 0.25) is 0 Å². The Labute approximate surface area is 451 Å². The Balaban J connectivity index is 1.01. The summed E-state index contributed by atoms with van der Waals surface area (Å²) in [7, 11) is 0. The summed E-state index contributed by atoms with van der Waals surface area (Å²) in [6, 6.07) is 7.66. The van der Waals surface area contributed by atoms with Gasteiger partial charge in [-0.05, 0) is 62.3 Å². The second-order valence-corrected chi connectivity index (χ2v) is 20.9. The molecule has 20 atom stereocenters. The first-order chi connectivity index (χ1) is 37.8. The lowest BCUT2D eigenvalue weighted by Gasteiger charge is -2.48. The normalized spacial score (nSPS) is 35.8. The molecule has 10 N–H and O–H groups in total. The van der Waals surface area contributed by atoms with E-state index in [2.05, 4.69) is 15.6 Å². The van der Waals surface area contributed by atoms with Crippen LogP contribution in [0, 0.1) is 35.2 Å². The van der Waals surface area contributed by atoms with Crippen molar-refractivity contribution in [3.05, 3.63) is 71.7 Å². The summed E-state index contributed by atoms with van der Waals surface area (Å²) in [6.07, 6.45) is -20.9. The quantitative estimate of drug-likeness (QED) is 0.0411. The smallest absolute Gasteiger partial charge is 0.338 e. The molecule has 5 fully saturated rings. The molecule has 0 bridgehead atoms. The topological polar surface area (TPSA) is 350 Å². The van der Waals surface area contributed by atoms with Gasteiger partial charge in [0.25, 0.3) is 0 Å². The van der Waals surface area contributed by atoms with Gasteiger partial charge in [-0.15, -0.1) is 5.10 Å². The predicted octanol–water partition coefficient (Wildman–Crippen LogP) is 0.232. The van der Waals surface area contributed by atoms with Gasteiger partial charge >= 0.3 is 11.9 Å². The highest BCUT2D eigenvalue weighted by Gasteiger charge is 2.54. The number of aromatic nitrogens is 3. The first-order valence-corrected chi connectivity index (χ1v) is 26.5. The van der Waals surface area contributed by atoms with Crippen LogP contribution in [0.3, 0.4) is 0 Å². The Morgan fingerprint density at radius 1 is 0.772 bits per heavy atom. The number of benzene rings is 2. The molecule has 2 aromatic carbocycles. The van der Waals surface area contributed by atoms with Crippen molar-refractivity contribution in [3.63, 3.8) is 0 Å². The number of carbonyl (C=O) groups excluding carboxylic acids is 2. The third-order valence-electron chi connectivity index (χ3n) is 15.4. The van der Waals surface area contributed by atoms with Gasteiger partial charge in [0.1, 0.15) is 66.7 Å². The second kappa shape index (κ2) is 26.8. The number of carboxylic acid groups (broad SMARTS) is 1. The number of nitrogens with one attached hydrogen (secondary N) is 1. The van der Waals surface area contributed by atoms with E-state index in [9.17, 15) is 73.5 Å². The highest BCUT2D eigenvalue weighted by atomic mass is 19.2. The Morgan fingerprint density at radius 2 is 1.44 bits per heavy atom. The maximum atomic E-state index is 14.2. The molecule has 2 saturated carbocycles. The number of halogens is 3. The minimum absolute atomic E-state index is 0.0267. The zero-order valence-electron chi connectivity index (χ0n) is 43.2. The van der Waals surface area contributed by atoms with Crippen molar-refractivity contribution >= 4 is 17.8 Å². The van der Waals surface area contributed by atoms with Crippen molar-refractivity contribution in [3.8, 4) is 11.3 Å². The molecular weight excluding hydrogens is 1060 g/mol. The summed E-state index contributed by atoms with van der Waals surface area (Å²) in [6.45, 7) is 0.969. The maximum absolute atomic E-state index is 14.2. The number of nitrogens with zero attached hydrogens (tertiary/aromatic N) is 3. The number of aliphatic hydroxyl groups is 8. The first-order valence-electron chi connectivity index (χ1n) is 26.5. The largest absolute Gasteiger partial charge is 0.479 e. The fourth-order valence-corrected chi connectivity index (χ4v) is 11.1. The minimum atomic E-state index is -1.78. The molecule has 3 aliphatic heterocycles. The number of esters is 1. The van der Waals surface area contributed by atoms with Gasteiger partial charge in [0, 0.05) is 18.0 Å². The van der Waals surface area contributed by atoms with E-state index in [0.717, 1.165) is 43.0 Å². The molecule has 1 amide bonds. The molecular formula is C52H69F3N4O20. The van der Waals surface area contributed by atoms with Gasteiger partial charge in [0.2, 0.25) is 5.91 Å². The monoisotopic (exact) mass is 1130 g/mol. The molecule has 2 aliphatic carbocycles. The van der Waals surface area contributed by atoms with E-state index in [1.807, 2.05) is 0 Å². The van der Waals surface area contributed by atoms with Crippen LogP contribution in [0.25, 0.3) is 11.3 Å². The van der Waals surface area contributed by atoms with Crippen molar-refractivity contribution in [1.29, 1.82) is 0 Å². The zero-order valence-corrected chi connectivity index (χ0v) is 43.2. The van der Waals surface area contributed by atoms with Gasteiger partial charge in [-0.25, -0.2) is 27.4 Å². The number of carbonyl (C=O) groups is 3. The molecule has 4 heterocycles. The van der Waals surface area contributed by atoms with E-state index >= 15 is 0 Å². The highest BCUT2D eigenvalue weighted by Crippen LogP contribution is 2.40. The van der Waals surface area contributed by atoms with Crippen LogP contribution in [0.5, 0.6) is 0 Å². The SMILES string of the molecule is CC1CC(C(=O)NCCO[C@H]2OC(CO)[C@@H](O)C(n3cc(-c4cc(F)c(F)c(F)c4)nn3)C2O)C[C@@H](O[C@@H]2OC(CO)[C@H](O)C(O[C@@H](CC3CCCCC3)C(=O)O)C2OC(=O)c2ccccc2)C1O[C@@H]1OC(C)[C@@H](O)C(O)C1O. The van der Waals surface area contributed by atoms with E-state index in [4.69, 9.17) is 37.9 Å². The fraction of sp³-hybridized carbons (Fsp3) is 0.673. The van der Waals surface area contributed by atoms with E-state index in [1.54, 1.807) is 25.1 Å². The molecule has 12 unspecified atom stereocenters. The number of aliphatic hydroxyl groups excluding tert-OH is 8. The molecule has 3 aromatic rings. The van der Waals surface area contributed by atoms with E-state index in [0.29, 0.717) is 12.1 Å². The number of hydrogen-bond donors (Lipinski definition) is 10. The minimum Gasteiger partial charge on any atom is -0.479 e. The van der Waals surface area contributed by atoms with Crippen molar-refractivity contribution in [2.24, 2.45) is 17.8 Å². The lowest BCUT2D eigenvalue weighted by atomic mass is 9.77. The average Bonchev–Trinajstić information content (AvgIpc) is 4.05. The molecule has 0 spiro atoms. The van der Waals surface area contributed by atoms with Crippen molar-refractivity contribution < 1.29 is 111 Å². The van der Waals surface area contributed by atoms with Crippen molar-refractivity contribution in [2.45, 2.75) is 176 Å². The zero-order chi connectivity index (χ0) is 56.8. The molecule has 5 aliphatic rings. The number of carboxylic acids is 1. The molecule has 3 saturated heterocycles. The van der Waals surface area contributed by atoms with E-state index in [-0.39, 0.29) is 55.2 Å². The van der Waals surface area contributed by atoms with Crippen LogP contribution in [0.1, 0.15) is 81.6 Å². The number of hydrogen-bond acceptors (Lipinski definition) is 21. The lowest BCUT2D eigenvalue weighted by Crippen LogP contribution is -2.64. The van der Waals surface area contributed by atoms with Gasteiger partial charge < -0.3 is 89.2 Å². The van der Waals surface area contributed by atoms with Crippen LogP contribution in [-0.2, 0) is 47.5 Å². The molecule has 438 valence electrons. The second-order valence-electron chi connectivity index (χ2n) is 20.9. The Hall–Kier alpha value is -4.82. The Bertz CT molecular complexity index is 2480. The summed E-state index contributed by atoms with van der Waals surface area (Å²) in [5.41, 5.74) is -0.304. The van der Waals surface area contributed by atoms with Gasteiger partial charge in [-0.1, -0.05) is 62.4 Å². The van der Waals surface area contributed by atoms with Gasteiger partial charge in [0.05, 0.1) is 49.9 Å². The molecule has 79 heavy (non-hydrogen) atoms. The number of aliphatic carboxylic acids is 1. The van der Waals surface area contributed by atoms with Crippen LogP contribution < -0.4 is 5.32 Å². The summed E-state index contributed by atoms with van der Waals surface area (Å²) in [4.78, 5) is 40.9. The summed E-state index contributed by atoms with van der Waals surface area (Å²) in [5.74, 6) is -9.16. The standard InChI is InChI=1S/C52H69F3N4O20/c1-23-15-28(47(68)56-13-14-72-50-41(65)37(39(63)34(21-60)76-50)59-20-31(57-58-59)27-17-29(53)36(55)30(54)18-27)19-32(44(23)79-51-43(67)42(66)38(62)24(2)73-51)75-52-46(78-49(71)26-11-7-4-8-12-26)45(40(64)35(22-61)77-52)74-33(48(69)70)16-25-9-5-3-6-10-25/h4,7-8,11-12,17-18,20,23-25,28,32-35,37-46,50-52,60-67H,3,5-6,9-10,13-16,19,21-22H2,1-2H3,(H,56,68)(H,69,70)/t23?,24?,28?,32-,33+,34?,35?,37?,38-,39-,40+,41?,42?,43?,44?,45?,46?,50+,51+,52-/m1/s1. The summed E-state index contributed by atoms with van der Waals surface area (Å²) < 4.78 is 91.3. The third-order valence-corrected chi connectivity index (χ3v) is 15.4. The van der Waals surface area contributed by atoms with Crippen LogP contribution in [-0.4, -0.2) is 209 Å². The molecule has 1 aromatic heterocycles. The molecule has 8 rings (SSSR count). The Kier molecular flexibility index (Phi) is 20.5. The van der Waals surface area contributed by atoms with Crippen molar-refractivity contribution in [1.82, 2.24) is 20.3 Å². The molecule has 24 nitrogen and oxygen atoms in total. The van der Waals surface area contributed by atoms with Gasteiger partial charge in [-0.2, -0.15) is 0 Å². The van der Waals surface area contributed by atoms with E-state index in [1.165, 1.54) is 19.1 Å². The Morgan fingerprint density at radius 3 is 2.11 bits per heavy atom. The summed E-state index contributed by atoms with van der Waals surface area (Å²) >= 11 is 0. The fourth-order valence-electron chi connectivity index (χ4n) is 11.1. The number of rotatable bonds is 20. The predicted molar refractivity (Wildman–Crippen MR) is 260 cm³/mol. The van der Waals surface area contributed by atoms with Crippen LogP contribution in [0.15, 0.2) is 48.7 Å². The number of amides is 1. The van der Waals surface area contributed by atoms with Crippen molar-refractivity contribution in [2.75, 3.05) is 26.4 Å². The van der Waals surface area contributed by atoms with Crippen LogP contribution in [0.4, 0.5) is 13.2 Å². The number of ether oxygens (including phenoxy) is 8. The van der Waals surface area contributed by atoms with Crippen LogP contribution >= 0.6 is 0 Å². The maximum Gasteiger partial charge on any atom is 0.338 e. The average molecular weight is 1130 g/mol. The molecule has 0 radical (unpaired) electrons. The summed E-state index contributed by atoms with van der Waals surface area (Å²) in [5, 5.41) is 108. The van der Waals surface area contributed by atoms with Gasteiger partial charge in [-0.3, -0.25) is 4.79 Å². The highest BCUT2D eigenvalue weighted by molar-refractivity contribution is 5.89. The van der Waals surface area contributed by atoms with Gasteiger partial charge in [0.15, 0.2) is 48.5 Å². The first kappa shape index (κ1) is 60.3. The lowest BCUT2D eigenvalue weighted by molar-refractivity contribution is -0.349.